The van der Waals surface area contributed by atoms with Gasteiger partial charge in [-0.15, -0.1) is 11.3 Å². The van der Waals surface area contributed by atoms with Crippen LogP contribution in [-0.2, 0) is 4.74 Å². The van der Waals surface area contributed by atoms with Crippen LogP contribution in [0.2, 0.25) is 5.02 Å². The molecule has 0 spiro atoms. The minimum absolute atomic E-state index is 0.183. The van der Waals surface area contributed by atoms with Crippen LogP contribution in [0.4, 0.5) is 0 Å². The van der Waals surface area contributed by atoms with Crippen LogP contribution in [0.3, 0.4) is 0 Å². The van der Waals surface area contributed by atoms with E-state index in [0.717, 1.165) is 11.3 Å². The molecule has 0 atom stereocenters. The van der Waals surface area contributed by atoms with Crippen LogP contribution >= 0.6 is 22.9 Å². The van der Waals surface area contributed by atoms with Crippen LogP contribution in [0.15, 0.2) is 35.4 Å². The van der Waals surface area contributed by atoms with Gasteiger partial charge in [0.2, 0.25) is 0 Å². The zero-order valence-corrected chi connectivity index (χ0v) is 14.1. The summed E-state index contributed by atoms with van der Waals surface area (Å²) < 4.78 is 5.04. The van der Waals surface area contributed by atoms with Crippen molar-refractivity contribution in [2.24, 2.45) is 0 Å². The first-order valence-corrected chi connectivity index (χ1v) is 8.32. The molecule has 0 bridgehead atoms. The Balaban J connectivity index is 1.84. The molecule has 2 N–H and O–H groups in total. The van der Waals surface area contributed by atoms with E-state index in [4.69, 9.17) is 21.7 Å². The molecule has 23 heavy (non-hydrogen) atoms. The monoisotopic (exact) mass is 349 g/mol. The number of nitrogens with zero attached hydrogens (tertiary/aromatic N) is 2. The molecule has 2 aromatic rings. The predicted molar refractivity (Wildman–Crippen MR) is 93.3 cm³/mol. The number of hydrogen-bond donors (Lipinski definition) is 2. The Kier molecular flexibility index (Phi) is 4.66. The highest BCUT2D eigenvalue weighted by Crippen LogP contribution is 2.32. The molecule has 3 rings (SSSR count). The number of ether oxygens (including phenoxy) is 1. The number of nitrogens with one attached hydrogen (secondary N) is 1. The molecular formula is C16H16ClN3O2S. The summed E-state index contributed by atoms with van der Waals surface area (Å²) in [7, 11) is 1.62. The number of aliphatic hydroxyl groups is 1. The normalized spacial score (nSPS) is 14.9. The van der Waals surface area contributed by atoms with E-state index in [1.54, 1.807) is 12.0 Å². The lowest BCUT2D eigenvalue weighted by Gasteiger charge is -2.17. The van der Waals surface area contributed by atoms with Gasteiger partial charge < -0.3 is 14.7 Å². The van der Waals surface area contributed by atoms with Gasteiger partial charge in [0.05, 0.1) is 24.4 Å². The van der Waals surface area contributed by atoms with Crippen LogP contribution in [0.5, 0.6) is 0 Å². The van der Waals surface area contributed by atoms with Crippen molar-refractivity contribution >= 4 is 34.3 Å². The van der Waals surface area contributed by atoms with E-state index in [2.05, 4.69) is 4.98 Å². The first-order valence-electron chi connectivity index (χ1n) is 7.07. The fraction of sp³-hybridized carbons (Fsp3) is 0.250. The number of hydrogen-bond acceptors (Lipinski definition) is 5. The van der Waals surface area contributed by atoms with Crippen molar-refractivity contribution in [3.05, 3.63) is 45.4 Å². The quantitative estimate of drug-likeness (QED) is 0.864. The van der Waals surface area contributed by atoms with Crippen molar-refractivity contribution < 1.29 is 9.84 Å². The maximum Gasteiger partial charge on any atom is 0.135 e. The van der Waals surface area contributed by atoms with Crippen LogP contribution in [0, 0.1) is 5.41 Å². The van der Waals surface area contributed by atoms with E-state index in [0.29, 0.717) is 35.3 Å². The molecule has 7 heteroatoms. The van der Waals surface area contributed by atoms with Gasteiger partial charge in [0.25, 0.3) is 0 Å². The van der Waals surface area contributed by atoms with Crippen molar-refractivity contribution in [3.63, 3.8) is 0 Å². The highest BCUT2D eigenvalue weighted by Gasteiger charge is 2.29. The fourth-order valence-corrected chi connectivity index (χ4v) is 3.41. The molecule has 0 radical (unpaired) electrons. The Hall–Kier alpha value is -1.89. The summed E-state index contributed by atoms with van der Waals surface area (Å²) in [6, 6.07) is 7.44. The summed E-state index contributed by atoms with van der Waals surface area (Å²) in [6.45, 7) is 1.41. The number of benzene rings is 1. The van der Waals surface area contributed by atoms with E-state index in [1.807, 2.05) is 29.6 Å². The lowest BCUT2D eigenvalue weighted by molar-refractivity contribution is 0.177. The molecule has 0 fully saturated rings. The van der Waals surface area contributed by atoms with E-state index in [1.165, 1.54) is 11.3 Å². The van der Waals surface area contributed by atoms with Crippen LogP contribution < -0.4 is 0 Å². The smallest absolute Gasteiger partial charge is 0.135 e. The zero-order chi connectivity index (χ0) is 16.4. The summed E-state index contributed by atoms with van der Waals surface area (Å²) in [5.74, 6) is 0.472. The molecule has 1 aromatic heterocycles. The van der Waals surface area contributed by atoms with Gasteiger partial charge in [-0.2, -0.15) is 0 Å². The van der Waals surface area contributed by atoms with E-state index < -0.39 is 0 Å². The Labute approximate surface area is 143 Å². The molecule has 0 unspecified atom stereocenters. The topological polar surface area (TPSA) is 69.4 Å². The molecule has 0 saturated carbocycles. The number of aromatic nitrogens is 1. The van der Waals surface area contributed by atoms with Gasteiger partial charge in [-0.25, -0.2) is 4.98 Å². The Morgan fingerprint density at radius 2 is 2.13 bits per heavy atom. The largest absolute Gasteiger partial charge is 0.510 e. The molecule has 0 aliphatic carbocycles. The average Bonchev–Trinajstić information content (AvgIpc) is 3.11. The summed E-state index contributed by atoms with van der Waals surface area (Å²) >= 11 is 7.32. The van der Waals surface area contributed by atoms with Gasteiger partial charge in [-0.3, -0.25) is 5.41 Å². The van der Waals surface area contributed by atoms with Crippen LogP contribution in [0.25, 0.3) is 16.8 Å². The minimum atomic E-state index is 0.183. The number of rotatable bonds is 5. The summed E-state index contributed by atoms with van der Waals surface area (Å²) in [5.41, 5.74) is 2.27. The van der Waals surface area contributed by atoms with Crippen molar-refractivity contribution in [3.8, 4) is 11.3 Å². The second kappa shape index (κ2) is 6.70. The Morgan fingerprint density at radius 3 is 2.83 bits per heavy atom. The predicted octanol–water partition coefficient (Wildman–Crippen LogP) is 3.67. The molecule has 5 nitrogen and oxygen atoms in total. The number of thiazole rings is 1. The van der Waals surface area contributed by atoms with Gasteiger partial charge in [0.1, 0.15) is 16.6 Å². The molecule has 1 aliphatic heterocycles. The fourth-order valence-electron chi connectivity index (χ4n) is 2.39. The molecule has 1 aliphatic rings. The van der Waals surface area contributed by atoms with Gasteiger partial charge in [0.15, 0.2) is 0 Å². The molecular weight excluding hydrogens is 334 g/mol. The minimum Gasteiger partial charge on any atom is -0.510 e. The van der Waals surface area contributed by atoms with Crippen LogP contribution in [0.1, 0.15) is 5.01 Å². The maximum atomic E-state index is 10.2. The van der Waals surface area contributed by atoms with E-state index >= 15 is 0 Å². The molecule has 120 valence electrons. The Morgan fingerprint density at radius 1 is 1.39 bits per heavy atom. The molecule has 1 aromatic carbocycles. The highest BCUT2D eigenvalue weighted by atomic mass is 35.5. The van der Waals surface area contributed by atoms with Crippen molar-refractivity contribution in [1.82, 2.24) is 9.88 Å². The zero-order valence-electron chi connectivity index (χ0n) is 12.5. The SMILES string of the molecule is COCCN1CC(O)=C(c2nc(-c3ccc(Cl)cc3)cs2)C1=N. The van der Waals surface area contributed by atoms with Crippen LogP contribution in [-0.4, -0.2) is 47.6 Å². The molecule has 2 heterocycles. The second-order valence-electron chi connectivity index (χ2n) is 5.13. The van der Waals surface area contributed by atoms with Gasteiger partial charge >= 0.3 is 0 Å². The number of halogens is 1. The average molecular weight is 350 g/mol. The van der Waals surface area contributed by atoms with Crippen molar-refractivity contribution in [2.75, 3.05) is 26.8 Å². The summed E-state index contributed by atoms with van der Waals surface area (Å²) in [4.78, 5) is 6.34. The first-order chi connectivity index (χ1) is 11.1. The maximum absolute atomic E-state index is 10.2. The number of amidine groups is 1. The third kappa shape index (κ3) is 3.24. The number of methoxy groups -OCH3 is 1. The van der Waals surface area contributed by atoms with Gasteiger partial charge in [-0.1, -0.05) is 23.7 Å². The lowest BCUT2D eigenvalue weighted by atomic mass is 10.2. The standard InChI is InChI=1S/C16H16ClN3O2S/c1-22-7-6-20-8-13(21)14(15(20)18)16-19-12(9-23-16)10-2-4-11(17)5-3-10/h2-5,9,18,21H,6-8H2,1H3. The highest BCUT2D eigenvalue weighted by molar-refractivity contribution is 7.11. The molecule has 0 amide bonds. The third-order valence-electron chi connectivity index (χ3n) is 3.61. The van der Waals surface area contributed by atoms with E-state index in [9.17, 15) is 5.11 Å². The van der Waals surface area contributed by atoms with Gasteiger partial charge in [0, 0.05) is 29.6 Å². The lowest BCUT2D eigenvalue weighted by Crippen LogP contribution is -2.29. The Bertz CT molecular complexity index is 755. The van der Waals surface area contributed by atoms with Gasteiger partial charge in [-0.05, 0) is 12.1 Å². The van der Waals surface area contributed by atoms with E-state index in [-0.39, 0.29) is 11.6 Å². The second-order valence-corrected chi connectivity index (χ2v) is 6.42. The van der Waals surface area contributed by atoms with Crippen molar-refractivity contribution in [2.45, 2.75) is 0 Å². The summed E-state index contributed by atoms with van der Waals surface area (Å²) in [6.07, 6.45) is 0. The first kappa shape index (κ1) is 16.0. The summed E-state index contributed by atoms with van der Waals surface area (Å²) in [5, 5.41) is 21.7. The molecule has 0 saturated heterocycles. The third-order valence-corrected chi connectivity index (χ3v) is 4.72. The number of aliphatic hydroxyl groups excluding tert-OH is 1. The van der Waals surface area contributed by atoms with Crippen molar-refractivity contribution in [1.29, 1.82) is 5.41 Å².